The zero-order valence-corrected chi connectivity index (χ0v) is 18.4. The first-order chi connectivity index (χ1) is 14.6. The average Bonchev–Trinajstić information content (AvgIpc) is 3.49. The van der Waals surface area contributed by atoms with Crippen LogP contribution in [-0.2, 0) is 17.9 Å². The van der Waals surface area contributed by atoms with Crippen molar-refractivity contribution in [2.45, 2.75) is 25.2 Å². The first-order valence-corrected chi connectivity index (χ1v) is 11.4. The van der Waals surface area contributed by atoms with Crippen molar-refractivity contribution in [2.75, 3.05) is 12.8 Å². The van der Waals surface area contributed by atoms with Crippen molar-refractivity contribution in [3.8, 4) is 11.4 Å². The van der Waals surface area contributed by atoms with Gasteiger partial charge in [-0.25, -0.2) is 0 Å². The van der Waals surface area contributed by atoms with E-state index in [0.717, 1.165) is 22.7 Å². The maximum absolute atomic E-state index is 12.6. The molecule has 0 fully saturated rings. The van der Waals surface area contributed by atoms with Crippen molar-refractivity contribution in [2.24, 2.45) is 0 Å². The fourth-order valence-corrected chi connectivity index (χ4v) is 4.72. The summed E-state index contributed by atoms with van der Waals surface area (Å²) in [7, 11) is 1.83. The Bertz CT molecular complexity index is 1100. The van der Waals surface area contributed by atoms with Gasteiger partial charge in [0.25, 0.3) is 0 Å². The van der Waals surface area contributed by atoms with Gasteiger partial charge in [0.05, 0.1) is 30.7 Å². The lowest BCUT2D eigenvalue weighted by Gasteiger charge is -2.16. The monoisotopic (exact) mass is 438 g/mol. The van der Waals surface area contributed by atoms with E-state index in [0.29, 0.717) is 24.0 Å². The van der Waals surface area contributed by atoms with Gasteiger partial charge in [0.15, 0.2) is 11.0 Å². The molecular weight excluding hydrogens is 416 g/mol. The minimum Gasteiger partial charge on any atom is -0.469 e. The third-order valence-electron chi connectivity index (χ3n) is 4.72. The lowest BCUT2D eigenvalue weighted by molar-refractivity contribution is -0.127. The van der Waals surface area contributed by atoms with E-state index in [-0.39, 0.29) is 5.91 Å². The third kappa shape index (κ3) is 4.66. The molecule has 0 aliphatic carbocycles. The molecule has 0 bridgehead atoms. The van der Waals surface area contributed by atoms with E-state index in [1.54, 1.807) is 22.5 Å². The first kappa shape index (κ1) is 20.4. The van der Waals surface area contributed by atoms with E-state index in [9.17, 15) is 4.79 Å². The molecule has 30 heavy (non-hydrogen) atoms. The number of nitrogens with zero attached hydrogens (tertiary/aromatic N) is 4. The van der Waals surface area contributed by atoms with Crippen molar-refractivity contribution >= 4 is 29.0 Å². The zero-order valence-electron chi connectivity index (χ0n) is 16.8. The summed E-state index contributed by atoms with van der Waals surface area (Å²) in [6, 6.07) is 16.1. The molecular formula is C22H22N4O2S2. The average molecular weight is 439 g/mol. The Morgan fingerprint density at radius 1 is 1.17 bits per heavy atom. The number of hydrogen-bond acceptors (Lipinski definition) is 6. The first-order valence-electron chi connectivity index (χ1n) is 9.52. The molecule has 154 valence electrons. The maximum Gasteiger partial charge on any atom is 0.233 e. The van der Waals surface area contributed by atoms with Crippen molar-refractivity contribution in [1.29, 1.82) is 0 Å². The van der Waals surface area contributed by atoms with Gasteiger partial charge in [-0.1, -0.05) is 48.2 Å². The van der Waals surface area contributed by atoms with E-state index in [1.165, 1.54) is 16.6 Å². The Labute approximate surface area is 183 Å². The predicted octanol–water partition coefficient (Wildman–Crippen LogP) is 4.71. The molecule has 0 saturated carbocycles. The van der Waals surface area contributed by atoms with Gasteiger partial charge < -0.3 is 9.32 Å². The second kappa shape index (κ2) is 9.32. The fraction of sp³-hybridized carbons (Fsp3) is 0.227. The lowest BCUT2D eigenvalue weighted by atomic mass is 10.2. The molecule has 0 atom stereocenters. The van der Waals surface area contributed by atoms with Crippen molar-refractivity contribution in [1.82, 2.24) is 19.7 Å². The minimum absolute atomic E-state index is 0.0590. The number of rotatable bonds is 8. The third-order valence-corrected chi connectivity index (χ3v) is 6.54. The standard InChI is InChI=1S/C22H22N4O2S2/c1-16-19(10-11-28-16)21-23-24-22(26(21)13-17-7-4-3-5-8-17)30-15-20(27)25(2)14-18-9-6-12-29-18/h3-12H,13-15H2,1-2H3. The number of carbonyl (C=O) groups is 1. The number of benzene rings is 1. The van der Waals surface area contributed by atoms with Crippen molar-refractivity contribution < 1.29 is 9.21 Å². The highest BCUT2D eigenvalue weighted by atomic mass is 32.2. The van der Waals surface area contributed by atoms with Crippen LogP contribution in [-0.4, -0.2) is 38.4 Å². The Kier molecular flexibility index (Phi) is 6.35. The van der Waals surface area contributed by atoms with Gasteiger partial charge in [0, 0.05) is 11.9 Å². The minimum atomic E-state index is 0.0590. The SMILES string of the molecule is Cc1occc1-c1nnc(SCC(=O)N(C)Cc2cccs2)n1Cc1ccccc1. The van der Waals surface area contributed by atoms with Gasteiger partial charge in [-0.2, -0.15) is 0 Å². The number of carbonyl (C=O) groups excluding carboxylic acids is 1. The van der Waals surface area contributed by atoms with Crippen LogP contribution in [0.3, 0.4) is 0 Å². The van der Waals surface area contributed by atoms with Crippen LogP contribution in [0.5, 0.6) is 0 Å². The largest absolute Gasteiger partial charge is 0.469 e. The molecule has 3 aromatic heterocycles. The summed E-state index contributed by atoms with van der Waals surface area (Å²) < 4.78 is 7.51. The predicted molar refractivity (Wildman–Crippen MR) is 120 cm³/mol. The molecule has 4 rings (SSSR count). The second-order valence-electron chi connectivity index (χ2n) is 6.89. The zero-order chi connectivity index (χ0) is 20.9. The maximum atomic E-state index is 12.6. The van der Waals surface area contributed by atoms with E-state index >= 15 is 0 Å². The van der Waals surface area contributed by atoms with Crippen LogP contribution >= 0.6 is 23.1 Å². The van der Waals surface area contributed by atoms with Crippen LogP contribution in [0.4, 0.5) is 0 Å². The highest BCUT2D eigenvalue weighted by Crippen LogP contribution is 2.28. The van der Waals surface area contributed by atoms with Gasteiger partial charge in [0.1, 0.15) is 5.76 Å². The second-order valence-corrected chi connectivity index (χ2v) is 8.86. The van der Waals surface area contributed by atoms with Crippen LogP contribution < -0.4 is 0 Å². The number of hydrogen-bond donors (Lipinski definition) is 0. The van der Waals surface area contributed by atoms with Crippen molar-refractivity contribution in [3.63, 3.8) is 0 Å². The smallest absolute Gasteiger partial charge is 0.233 e. The molecule has 0 radical (unpaired) electrons. The quantitative estimate of drug-likeness (QED) is 0.373. The molecule has 4 aromatic rings. The number of amides is 1. The summed E-state index contributed by atoms with van der Waals surface area (Å²) in [5.41, 5.74) is 2.05. The molecule has 0 unspecified atom stereocenters. The Morgan fingerprint density at radius 3 is 2.70 bits per heavy atom. The Balaban J connectivity index is 1.53. The summed E-state index contributed by atoms with van der Waals surface area (Å²) in [5, 5.41) is 11.5. The number of thioether (sulfide) groups is 1. The van der Waals surface area contributed by atoms with Crippen LogP contribution in [0.1, 0.15) is 16.2 Å². The molecule has 1 aromatic carbocycles. The number of thiophene rings is 1. The van der Waals surface area contributed by atoms with Gasteiger partial charge in [-0.3, -0.25) is 9.36 Å². The topological polar surface area (TPSA) is 64.2 Å². The van der Waals surface area contributed by atoms with Gasteiger partial charge in [0.2, 0.25) is 5.91 Å². The summed E-state index contributed by atoms with van der Waals surface area (Å²) in [6.45, 7) is 3.15. The fourth-order valence-electron chi connectivity index (χ4n) is 3.08. The Hall–Kier alpha value is -2.84. The van der Waals surface area contributed by atoms with E-state index in [4.69, 9.17) is 4.42 Å². The highest BCUT2D eigenvalue weighted by Gasteiger charge is 2.19. The molecule has 0 saturated heterocycles. The van der Waals surface area contributed by atoms with Gasteiger partial charge >= 0.3 is 0 Å². The van der Waals surface area contributed by atoms with Crippen LogP contribution in [0, 0.1) is 6.92 Å². The van der Waals surface area contributed by atoms with Crippen molar-refractivity contribution in [3.05, 3.63) is 76.4 Å². The van der Waals surface area contributed by atoms with Crippen LogP contribution in [0.2, 0.25) is 0 Å². The molecule has 1 amide bonds. The lowest BCUT2D eigenvalue weighted by Crippen LogP contribution is -2.27. The van der Waals surface area contributed by atoms with E-state index in [1.807, 2.05) is 60.3 Å². The van der Waals surface area contributed by atoms with Gasteiger partial charge in [-0.15, -0.1) is 21.5 Å². The highest BCUT2D eigenvalue weighted by molar-refractivity contribution is 7.99. The number of aryl methyl sites for hydroxylation is 1. The van der Waals surface area contributed by atoms with Gasteiger partial charge in [-0.05, 0) is 30.0 Å². The summed E-state index contributed by atoms with van der Waals surface area (Å²) in [4.78, 5) is 15.6. The molecule has 8 heteroatoms. The normalized spacial score (nSPS) is 11.0. The number of furan rings is 1. The molecule has 0 aliphatic rings. The molecule has 0 aliphatic heterocycles. The molecule has 0 N–H and O–H groups in total. The summed E-state index contributed by atoms with van der Waals surface area (Å²) >= 11 is 3.06. The molecule has 6 nitrogen and oxygen atoms in total. The van der Waals surface area contributed by atoms with Crippen LogP contribution in [0.15, 0.2) is 69.7 Å². The Morgan fingerprint density at radius 2 is 2.00 bits per heavy atom. The van der Waals surface area contributed by atoms with E-state index in [2.05, 4.69) is 22.3 Å². The number of aromatic nitrogens is 3. The van der Waals surface area contributed by atoms with E-state index < -0.39 is 0 Å². The molecule has 3 heterocycles. The summed E-state index contributed by atoms with van der Waals surface area (Å²) in [5.74, 6) is 1.90. The molecule has 0 spiro atoms. The van der Waals surface area contributed by atoms with Crippen LogP contribution in [0.25, 0.3) is 11.4 Å². The summed E-state index contributed by atoms with van der Waals surface area (Å²) in [6.07, 6.45) is 1.65.